The molecule has 0 saturated carbocycles. The van der Waals surface area contributed by atoms with Crippen molar-refractivity contribution >= 4 is 61.5 Å². The molecule has 0 aliphatic heterocycles. The fourth-order valence-electron chi connectivity index (χ4n) is 2.17. The monoisotopic (exact) mass is 398 g/mol. The van der Waals surface area contributed by atoms with Crippen molar-refractivity contribution in [2.24, 2.45) is 0 Å². The molecular formula is C14H12Cl2N6O2S. The molecule has 3 rings (SSSR count). The molecule has 0 radical (unpaired) electrons. The molecule has 130 valence electrons. The fraction of sp³-hybridized carbons (Fsp3) is 0.143. The van der Waals surface area contributed by atoms with Gasteiger partial charge in [-0.1, -0.05) is 11.6 Å². The first-order chi connectivity index (χ1) is 11.8. The highest BCUT2D eigenvalue weighted by molar-refractivity contribution is 7.92. The van der Waals surface area contributed by atoms with E-state index in [0.717, 1.165) is 10.6 Å². The summed E-state index contributed by atoms with van der Waals surface area (Å²) in [6, 6.07) is 3.38. The molecule has 0 aliphatic carbocycles. The molecule has 0 aliphatic rings. The Morgan fingerprint density at radius 2 is 1.84 bits per heavy atom. The summed E-state index contributed by atoms with van der Waals surface area (Å²) in [5.74, 6) is 0.244. The number of rotatable bonds is 4. The number of hydrogen-bond acceptors (Lipinski definition) is 7. The molecule has 0 saturated heterocycles. The molecule has 0 bridgehead atoms. The Labute approximate surface area is 153 Å². The predicted octanol–water partition coefficient (Wildman–Crippen LogP) is 2.87. The van der Waals surface area contributed by atoms with Crippen molar-refractivity contribution in [2.75, 3.05) is 22.9 Å². The highest BCUT2D eigenvalue weighted by atomic mass is 35.5. The SMILES string of the molecule is CN(c1c(Nc2nc(Cl)ncc2Cl)ccc2nccnc12)S(C)(=O)=O. The lowest BCUT2D eigenvalue weighted by atomic mass is 10.2. The molecule has 11 heteroatoms. The van der Waals surface area contributed by atoms with Crippen molar-refractivity contribution in [1.82, 2.24) is 19.9 Å². The number of sulfonamides is 1. The predicted molar refractivity (Wildman–Crippen MR) is 98.1 cm³/mol. The Morgan fingerprint density at radius 1 is 1.12 bits per heavy atom. The number of fused-ring (bicyclic) bond motifs is 1. The number of benzene rings is 1. The van der Waals surface area contributed by atoms with Gasteiger partial charge in [-0.25, -0.2) is 13.4 Å². The number of aromatic nitrogens is 4. The van der Waals surface area contributed by atoms with Gasteiger partial charge in [-0.05, 0) is 23.7 Å². The smallest absolute Gasteiger partial charge is 0.232 e. The number of nitrogens with one attached hydrogen (secondary N) is 1. The van der Waals surface area contributed by atoms with Crippen LogP contribution in [-0.4, -0.2) is 41.7 Å². The van der Waals surface area contributed by atoms with E-state index in [4.69, 9.17) is 23.2 Å². The summed E-state index contributed by atoms with van der Waals surface area (Å²) in [6.07, 6.45) is 5.46. The summed E-state index contributed by atoms with van der Waals surface area (Å²) in [5, 5.41) is 3.22. The summed E-state index contributed by atoms with van der Waals surface area (Å²) in [4.78, 5) is 16.3. The van der Waals surface area contributed by atoms with E-state index < -0.39 is 10.0 Å². The van der Waals surface area contributed by atoms with Gasteiger partial charge in [-0.15, -0.1) is 0 Å². The van der Waals surface area contributed by atoms with Crippen molar-refractivity contribution in [3.8, 4) is 0 Å². The van der Waals surface area contributed by atoms with Crippen LogP contribution in [0.2, 0.25) is 10.3 Å². The van der Waals surface area contributed by atoms with Crippen molar-refractivity contribution in [2.45, 2.75) is 0 Å². The first kappa shape index (κ1) is 17.6. The summed E-state index contributed by atoms with van der Waals surface area (Å²) in [7, 11) is -2.12. The molecule has 0 fully saturated rings. The van der Waals surface area contributed by atoms with Crippen molar-refractivity contribution in [3.05, 3.63) is 41.0 Å². The number of anilines is 3. The second kappa shape index (κ2) is 6.58. The topological polar surface area (TPSA) is 101 Å². The largest absolute Gasteiger partial charge is 0.337 e. The lowest BCUT2D eigenvalue weighted by Crippen LogP contribution is -2.26. The van der Waals surface area contributed by atoms with Gasteiger partial charge < -0.3 is 5.32 Å². The molecular weight excluding hydrogens is 387 g/mol. The normalized spacial score (nSPS) is 11.5. The van der Waals surface area contributed by atoms with Crippen LogP contribution >= 0.6 is 23.2 Å². The minimum Gasteiger partial charge on any atom is -0.337 e. The fourth-order valence-corrected chi connectivity index (χ4v) is 2.96. The van der Waals surface area contributed by atoms with Gasteiger partial charge in [-0.2, -0.15) is 4.98 Å². The summed E-state index contributed by atoms with van der Waals surface area (Å²) in [5.41, 5.74) is 1.71. The number of nitrogens with zero attached hydrogens (tertiary/aromatic N) is 5. The van der Waals surface area contributed by atoms with Crippen LogP contribution in [0.5, 0.6) is 0 Å². The zero-order valence-corrected chi connectivity index (χ0v) is 15.4. The molecule has 1 aromatic carbocycles. The molecule has 3 aromatic rings. The van der Waals surface area contributed by atoms with Crippen LogP contribution in [0, 0.1) is 0 Å². The first-order valence-electron chi connectivity index (χ1n) is 6.90. The van der Waals surface area contributed by atoms with Gasteiger partial charge in [0, 0.05) is 19.4 Å². The zero-order valence-electron chi connectivity index (χ0n) is 13.1. The van der Waals surface area contributed by atoms with Gasteiger partial charge in [0.15, 0.2) is 5.82 Å². The van der Waals surface area contributed by atoms with Crippen molar-refractivity contribution in [3.63, 3.8) is 0 Å². The Bertz CT molecular complexity index is 1060. The quantitative estimate of drug-likeness (QED) is 0.673. The molecule has 0 amide bonds. The van der Waals surface area contributed by atoms with Crippen molar-refractivity contribution < 1.29 is 8.42 Å². The van der Waals surface area contributed by atoms with Crippen LogP contribution in [0.25, 0.3) is 11.0 Å². The van der Waals surface area contributed by atoms with E-state index in [1.165, 1.54) is 25.6 Å². The van der Waals surface area contributed by atoms with Gasteiger partial charge in [-0.3, -0.25) is 14.3 Å². The van der Waals surface area contributed by atoms with Crippen LogP contribution in [0.4, 0.5) is 17.2 Å². The molecule has 0 spiro atoms. The molecule has 2 heterocycles. The van der Waals surface area contributed by atoms with Crippen LogP contribution < -0.4 is 9.62 Å². The van der Waals surface area contributed by atoms with Gasteiger partial charge in [0.05, 0.1) is 23.7 Å². The standard InChI is InChI=1S/C14H12Cl2N6O2S/c1-22(25(2,23)24)12-10(4-3-9-11(12)18-6-5-17-9)20-13-8(15)7-19-14(16)21-13/h3-7H,1-2H3,(H,19,20,21). The third-order valence-electron chi connectivity index (χ3n) is 3.39. The average Bonchev–Trinajstić information content (AvgIpc) is 2.56. The lowest BCUT2D eigenvalue weighted by Gasteiger charge is -2.22. The zero-order chi connectivity index (χ0) is 18.2. The molecule has 0 unspecified atom stereocenters. The van der Waals surface area contributed by atoms with Crippen LogP contribution in [0.1, 0.15) is 0 Å². The van der Waals surface area contributed by atoms with Gasteiger partial charge in [0.25, 0.3) is 0 Å². The number of halogens is 2. The second-order valence-corrected chi connectivity index (χ2v) is 7.84. The van der Waals surface area contributed by atoms with E-state index >= 15 is 0 Å². The van der Waals surface area contributed by atoms with E-state index in [1.54, 1.807) is 12.1 Å². The minimum atomic E-state index is -3.55. The summed E-state index contributed by atoms with van der Waals surface area (Å²) < 4.78 is 25.3. The van der Waals surface area contributed by atoms with Crippen LogP contribution in [0.3, 0.4) is 0 Å². The maximum atomic E-state index is 12.1. The van der Waals surface area contributed by atoms with E-state index in [2.05, 4.69) is 25.3 Å². The molecule has 25 heavy (non-hydrogen) atoms. The lowest BCUT2D eigenvalue weighted by molar-refractivity contribution is 0.600. The Kier molecular flexibility index (Phi) is 4.63. The highest BCUT2D eigenvalue weighted by Crippen LogP contribution is 2.36. The second-order valence-electron chi connectivity index (χ2n) is 5.08. The average molecular weight is 399 g/mol. The summed E-state index contributed by atoms with van der Waals surface area (Å²) in [6.45, 7) is 0. The Balaban J connectivity index is 2.22. The van der Waals surface area contributed by atoms with Gasteiger partial charge >= 0.3 is 0 Å². The molecule has 8 nitrogen and oxygen atoms in total. The third-order valence-corrected chi connectivity index (χ3v) is 5.03. The Hall–Kier alpha value is -2.23. The third kappa shape index (κ3) is 3.58. The summed E-state index contributed by atoms with van der Waals surface area (Å²) >= 11 is 11.9. The van der Waals surface area contributed by atoms with E-state index in [0.29, 0.717) is 22.4 Å². The molecule has 1 N–H and O–H groups in total. The maximum Gasteiger partial charge on any atom is 0.232 e. The van der Waals surface area contributed by atoms with Crippen LogP contribution in [-0.2, 0) is 10.0 Å². The number of hydrogen-bond donors (Lipinski definition) is 1. The molecule has 0 atom stereocenters. The van der Waals surface area contributed by atoms with E-state index in [1.807, 2.05) is 0 Å². The first-order valence-corrected chi connectivity index (χ1v) is 9.50. The minimum absolute atomic E-state index is 0.00509. The maximum absolute atomic E-state index is 12.1. The Morgan fingerprint density at radius 3 is 2.56 bits per heavy atom. The van der Waals surface area contributed by atoms with Gasteiger partial charge in [0.1, 0.15) is 16.2 Å². The van der Waals surface area contributed by atoms with Gasteiger partial charge in [0.2, 0.25) is 15.3 Å². The van der Waals surface area contributed by atoms with E-state index in [9.17, 15) is 8.42 Å². The highest BCUT2D eigenvalue weighted by Gasteiger charge is 2.21. The van der Waals surface area contributed by atoms with E-state index in [-0.39, 0.29) is 16.1 Å². The molecule has 2 aromatic heterocycles. The van der Waals surface area contributed by atoms with Crippen LogP contribution in [0.15, 0.2) is 30.7 Å². The van der Waals surface area contributed by atoms with Crippen molar-refractivity contribution in [1.29, 1.82) is 0 Å².